The highest BCUT2D eigenvalue weighted by Gasteiger charge is 2.18. The molecule has 0 atom stereocenters. The van der Waals surface area contributed by atoms with Gasteiger partial charge in [0, 0.05) is 39.1 Å². The van der Waals surface area contributed by atoms with Crippen molar-refractivity contribution in [2.75, 3.05) is 9.80 Å². The standard InChI is InChI=1S/C44H31ClN2/c45-42-31-38(47(36-19-5-2-6-20-36)44-24-12-16-33-14-8-10-22-41(33)44)29-30-39(42)34-25-27-37(28-26-34)46(35-17-3-1-4-18-35)43-23-11-15-32-13-7-9-21-40(32)43/h1-31H. The van der Waals surface area contributed by atoms with Crippen molar-refractivity contribution in [3.63, 3.8) is 0 Å². The van der Waals surface area contributed by atoms with Crippen molar-refractivity contribution in [1.82, 2.24) is 0 Å². The van der Waals surface area contributed by atoms with E-state index in [2.05, 4.69) is 192 Å². The van der Waals surface area contributed by atoms with Crippen LogP contribution in [-0.4, -0.2) is 0 Å². The largest absolute Gasteiger partial charge is 0.310 e. The van der Waals surface area contributed by atoms with Crippen LogP contribution in [0.4, 0.5) is 34.1 Å². The number of anilines is 6. The Balaban J connectivity index is 1.18. The predicted molar refractivity (Wildman–Crippen MR) is 201 cm³/mol. The zero-order valence-corrected chi connectivity index (χ0v) is 26.4. The third-order valence-corrected chi connectivity index (χ3v) is 9.00. The maximum atomic E-state index is 7.12. The van der Waals surface area contributed by atoms with Gasteiger partial charge in [-0.3, -0.25) is 0 Å². The Morgan fingerprint density at radius 2 is 0.766 bits per heavy atom. The SMILES string of the molecule is Clc1cc(N(c2ccccc2)c2cccc3ccccc23)ccc1-c1ccc(N(c2ccccc2)c2cccc3ccccc23)cc1. The van der Waals surface area contributed by atoms with Gasteiger partial charge in [0.25, 0.3) is 0 Å². The molecule has 3 heteroatoms. The van der Waals surface area contributed by atoms with E-state index in [1.807, 2.05) is 6.07 Å². The first-order chi connectivity index (χ1) is 23.2. The van der Waals surface area contributed by atoms with Gasteiger partial charge in [0.05, 0.1) is 16.4 Å². The summed E-state index contributed by atoms with van der Waals surface area (Å²) in [5.74, 6) is 0. The Morgan fingerprint density at radius 1 is 0.340 bits per heavy atom. The van der Waals surface area contributed by atoms with Gasteiger partial charge in [-0.15, -0.1) is 0 Å². The van der Waals surface area contributed by atoms with Crippen LogP contribution in [0.15, 0.2) is 188 Å². The fourth-order valence-corrected chi connectivity index (χ4v) is 6.77. The highest BCUT2D eigenvalue weighted by atomic mass is 35.5. The minimum atomic E-state index is 0.699. The molecule has 0 bridgehead atoms. The summed E-state index contributed by atoms with van der Waals surface area (Å²) in [5, 5.41) is 5.49. The number of nitrogens with zero attached hydrogens (tertiary/aromatic N) is 2. The highest BCUT2D eigenvalue weighted by molar-refractivity contribution is 6.33. The van der Waals surface area contributed by atoms with Crippen molar-refractivity contribution >= 4 is 67.3 Å². The number of benzene rings is 8. The van der Waals surface area contributed by atoms with Gasteiger partial charge in [0.2, 0.25) is 0 Å². The van der Waals surface area contributed by atoms with Gasteiger partial charge in [-0.2, -0.15) is 0 Å². The molecule has 0 saturated carbocycles. The monoisotopic (exact) mass is 622 g/mol. The number of halogens is 1. The van der Waals surface area contributed by atoms with Gasteiger partial charge in [-0.05, 0) is 77.0 Å². The summed E-state index contributed by atoms with van der Waals surface area (Å²) < 4.78 is 0. The van der Waals surface area contributed by atoms with Gasteiger partial charge in [0.1, 0.15) is 0 Å². The maximum absolute atomic E-state index is 7.12. The minimum absolute atomic E-state index is 0.699. The molecule has 0 heterocycles. The summed E-state index contributed by atoms with van der Waals surface area (Å²) in [6.07, 6.45) is 0. The number of fused-ring (bicyclic) bond motifs is 2. The Labute approximate surface area is 280 Å². The molecule has 224 valence electrons. The van der Waals surface area contributed by atoms with Crippen molar-refractivity contribution in [3.8, 4) is 11.1 Å². The van der Waals surface area contributed by atoms with E-state index in [0.717, 1.165) is 45.3 Å². The quantitative estimate of drug-likeness (QED) is 0.174. The van der Waals surface area contributed by atoms with Gasteiger partial charge in [-0.1, -0.05) is 139 Å². The van der Waals surface area contributed by atoms with Crippen LogP contribution in [0.25, 0.3) is 32.7 Å². The van der Waals surface area contributed by atoms with Crippen molar-refractivity contribution in [3.05, 3.63) is 193 Å². The summed E-state index contributed by atoms with van der Waals surface area (Å²) in [4.78, 5) is 4.60. The number of hydrogen-bond donors (Lipinski definition) is 0. The van der Waals surface area contributed by atoms with Gasteiger partial charge in [0.15, 0.2) is 0 Å². The Bertz CT molecular complexity index is 2300. The van der Waals surface area contributed by atoms with Crippen LogP contribution in [0.3, 0.4) is 0 Å². The average Bonchev–Trinajstić information content (AvgIpc) is 3.13. The van der Waals surface area contributed by atoms with E-state index in [-0.39, 0.29) is 0 Å². The topological polar surface area (TPSA) is 6.48 Å². The van der Waals surface area contributed by atoms with Crippen LogP contribution in [0.5, 0.6) is 0 Å². The lowest BCUT2D eigenvalue weighted by Gasteiger charge is -2.28. The number of hydrogen-bond acceptors (Lipinski definition) is 2. The van der Waals surface area contributed by atoms with E-state index in [9.17, 15) is 0 Å². The maximum Gasteiger partial charge on any atom is 0.0540 e. The van der Waals surface area contributed by atoms with E-state index in [4.69, 9.17) is 11.6 Å². The van der Waals surface area contributed by atoms with Crippen LogP contribution >= 0.6 is 11.6 Å². The molecule has 0 aliphatic heterocycles. The summed E-state index contributed by atoms with van der Waals surface area (Å²) in [7, 11) is 0. The van der Waals surface area contributed by atoms with E-state index in [1.165, 1.54) is 21.5 Å². The molecule has 0 amide bonds. The van der Waals surface area contributed by atoms with Gasteiger partial charge < -0.3 is 9.80 Å². The van der Waals surface area contributed by atoms with Crippen molar-refractivity contribution in [1.29, 1.82) is 0 Å². The summed E-state index contributed by atoms with van der Waals surface area (Å²) >= 11 is 7.12. The molecule has 8 aromatic carbocycles. The first-order valence-corrected chi connectivity index (χ1v) is 16.2. The van der Waals surface area contributed by atoms with Crippen molar-refractivity contribution in [2.45, 2.75) is 0 Å². The lowest BCUT2D eigenvalue weighted by molar-refractivity contribution is 1.29. The molecule has 0 aliphatic carbocycles. The lowest BCUT2D eigenvalue weighted by Crippen LogP contribution is -2.10. The predicted octanol–water partition coefficient (Wildman–Crippen LogP) is 13.3. The molecule has 0 saturated heterocycles. The summed E-state index contributed by atoms with van der Waals surface area (Å²) in [6, 6.07) is 66.0. The first-order valence-electron chi connectivity index (χ1n) is 15.8. The normalized spacial score (nSPS) is 11.1. The van der Waals surface area contributed by atoms with E-state index < -0.39 is 0 Å². The second-order valence-electron chi connectivity index (χ2n) is 11.5. The molecule has 0 N–H and O–H groups in total. The second kappa shape index (κ2) is 12.5. The number of rotatable bonds is 7. The summed E-state index contributed by atoms with van der Waals surface area (Å²) in [5.41, 5.74) is 8.56. The van der Waals surface area contributed by atoms with Crippen LogP contribution in [-0.2, 0) is 0 Å². The van der Waals surface area contributed by atoms with Crippen LogP contribution in [0.2, 0.25) is 5.02 Å². The van der Waals surface area contributed by atoms with Gasteiger partial charge in [-0.25, -0.2) is 0 Å². The Morgan fingerprint density at radius 3 is 1.30 bits per heavy atom. The van der Waals surface area contributed by atoms with Crippen molar-refractivity contribution in [2.24, 2.45) is 0 Å². The van der Waals surface area contributed by atoms with E-state index >= 15 is 0 Å². The molecular weight excluding hydrogens is 592 g/mol. The van der Waals surface area contributed by atoms with E-state index in [1.54, 1.807) is 0 Å². The molecule has 0 aliphatic rings. The molecule has 8 rings (SSSR count). The first kappa shape index (κ1) is 28.6. The van der Waals surface area contributed by atoms with Gasteiger partial charge >= 0.3 is 0 Å². The molecule has 0 unspecified atom stereocenters. The summed E-state index contributed by atoms with van der Waals surface area (Å²) in [6.45, 7) is 0. The highest BCUT2D eigenvalue weighted by Crippen LogP contribution is 2.43. The lowest BCUT2D eigenvalue weighted by atomic mass is 10.0. The van der Waals surface area contributed by atoms with Crippen LogP contribution < -0.4 is 9.80 Å². The fourth-order valence-electron chi connectivity index (χ4n) is 6.48. The molecular formula is C44H31ClN2. The Kier molecular flexibility index (Phi) is 7.62. The van der Waals surface area contributed by atoms with Crippen molar-refractivity contribution < 1.29 is 0 Å². The van der Waals surface area contributed by atoms with E-state index in [0.29, 0.717) is 5.02 Å². The molecule has 0 aromatic heterocycles. The third kappa shape index (κ3) is 5.50. The zero-order valence-electron chi connectivity index (χ0n) is 25.7. The fraction of sp³-hybridized carbons (Fsp3) is 0. The second-order valence-corrected chi connectivity index (χ2v) is 12.0. The zero-order chi connectivity index (χ0) is 31.6. The number of para-hydroxylation sites is 2. The molecule has 0 fully saturated rings. The van der Waals surface area contributed by atoms with Crippen LogP contribution in [0.1, 0.15) is 0 Å². The van der Waals surface area contributed by atoms with Crippen LogP contribution in [0, 0.1) is 0 Å². The Hall–Kier alpha value is -5.83. The molecule has 0 radical (unpaired) electrons. The third-order valence-electron chi connectivity index (χ3n) is 8.69. The smallest absolute Gasteiger partial charge is 0.0540 e. The molecule has 2 nitrogen and oxygen atoms in total. The average molecular weight is 623 g/mol. The minimum Gasteiger partial charge on any atom is -0.310 e. The molecule has 8 aromatic rings. The molecule has 0 spiro atoms. The molecule has 47 heavy (non-hydrogen) atoms.